The molecule has 0 radical (unpaired) electrons. The number of aromatic carboxylic acids is 1. The van der Waals surface area contributed by atoms with Gasteiger partial charge in [0.1, 0.15) is 5.15 Å². The molecule has 0 aliphatic heterocycles. The molecule has 4 heteroatoms. The fraction of sp³-hybridized carbons (Fsp3) is 0.0909. The van der Waals surface area contributed by atoms with Crippen LogP contribution in [0.3, 0.4) is 0 Å². The molecule has 0 unspecified atom stereocenters. The van der Waals surface area contributed by atoms with Gasteiger partial charge in [-0.15, -0.1) is 0 Å². The molecule has 1 heterocycles. The number of rotatable bonds is 3. The number of nitrogens with zero attached hydrogens (tertiary/aromatic N) is 1. The monoisotopic (exact) mass is 223 g/mol. The molecule has 1 rings (SSSR count). The summed E-state index contributed by atoms with van der Waals surface area (Å²) in [7, 11) is 0. The van der Waals surface area contributed by atoms with Crippen molar-refractivity contribution in [1.29, 1.82) is 0 Å². The molecule has 1 aromatic rings. The highest BCUT2D eigenvalue weighted by atomic mass is 35.5. The van der Waals surface area contributed by atoms with E-state index in [0.29, 0.717) is 5.69 Å². The van der Waals surface area contributed by atoms with Crippen molar-refractivity contribution in [3.05, 3.63) is 47.3 Å². The number of aromatic nitrogens is 1. The van der Waals surface area contributed by atoms with Crippen molar-refractivity contribution in [3.63, 3.8) is 0 Å². The smallest absolute Gasteiger partial charge is 0.338 e. The second kappa shape index (κ2) is 4.75. The van der Waals surface area contributed by atoms with Crippen LogP contribution in [0.5, 0.6) is 0 Å². The van der Waals surface area contributed by atoms with E-state index in [4.69, 9.17) is 16.7 Å². The summed E-state index contributed by atoms with van der Waals surface area (Å²) in [6.07, 6.45) is 3.46. The van der Waals surface area contributed by atoms with E-state index in [1.54, 1.807) is 12.1 Å². The van der Waals surface area contributed by atoms with Crippen molar-refractivity contribution in [2.24, 2.45) is 0 Å². The summed E-state index contributed by atoms with van der Waals surface area (Å²) in [5.41, 5.74) is 1.43. The number of hydrogen-bond donors (Lipinski definition) is 1. The molecule has 15 heavy (non-hydrogen) atoms. The van der Waals surface area contributed by atoms with Crippen LogP contribution in [0.2, 0.25) is 5.15 Å². The van der Waals surface area contributed by atoms with Crippen LogP contribution < -0.4 is 0 Å². The molecule has 1 aromatic heterocycles. The Balaban J connectivity index is 3.23. The van der Waals surface area contributed by atoms with Gasteiger partial charge < -0.3 is 5.11 Å². The Kier molecular flexibility index (Phi) is 3.63. The van der Waals surface area contributed by atoms with Gasteiger partial charge in [-0.1, -0.05) is 30.3 Å². The molecular weight excluding hydrogens is 214 g/mol. The maximum absolute atomic E-state index is 10.7. The van der Waals surface area contributed by atoms with E-state index < -0.39 is 5.97 Å². The molecule has 3 nitrogen and oxygen atoms in total. The lowest BCUT2D eigenvalue weighted by molar-refractivity contribution is 0.0696. The van der Waals surface area contributed by atoms with Crippen LogP contribution in [0.4, 0.5) is 0 Å². The van der Waals surface area contributed by atoms with Crippen molar-refractivity contribution in [3.8, 4) is 0 Å². The second-order valence-corrected chi connectivity index (χ2v) is 3.15. The minimum Gasteiger partial charge on any atom is -0.478 e. The van der Waals surface area contributed by atoms with Gasteiger partial charge in [0.2, 0.25) is 0 Å². The molecule has 0 fully saturated rings. The third-order valence-corrected chi connectivity index (χ3v) is 2.19. The van der Waals surface area contributed by atoms with E-state index in [2.05, 4.69) is 11.6 Å². The van der Waals surface area contributed by atoms with Gasteiger partial charge in [0, 0.05) is 0 Å². The Labute approximate surface area is 92.7 Å². The van der Waals surface area contributed by atoms with Gasteiger partial charge in [-0.05, 0) is 24.6 Å². The van der Waals surface area contributed by atoms with E-state index in [1.807, 2.05) is 13.0 Å². The molecule has 0 saturated heterocycles. The number of carboxylic acid groups (broad SMARTS) is 1. The SMILES string of the molecule is C=C/C(=C\C)c1ccc(C(=O)O)c(Cl)n1. The molecular formula is C11H10ClNO2. The average Bonchev–Trinajstić information content (AvgIpc) is 2.19. The zero-order chi connectivity index (χ0) is 11.4. The molecule has 0 aliphatic rings. The standard InChI is InChI=1S/C11H10ClNO2/c1-3-7(4-2)9-6-5-8(11(14)15)10(12)13-9/h3-6H,1H2,2H3,(H,14,15)/b7-4+. The topological polar surface area (TPSA) is 50.2 Å². The predicted octanol–water partition coefficient (Wildman–Crippen LogP) is 3.02. The predicted molar refractivity (Wildman–Crippen MR) is 60.1 cm³/mol. The third-order valence-electron chi connectivity index (χ3n) is 1.91. The summed E-state index contributed by atoms with van der Waals surface area (Å²) < 4.78 is 0. The summed E-state index contributed by atoms with van der Waals surface area (Å²) in [6.45, 7) is 5.47. The maximum atomic E-state index is 10.7. The molecule has 0 bridgehead atoms. The summed E-state index contributed by atoms with van der Waals surface area (Å²) >= 11 is 5.73. The molecule has 0 aliphatic carbocycles. The quantitative estimate of drug-likeness (QED) is 0.633. The van der Waals surface area contributed by atoms with Crippen LogP contribution in [-0.2, 0) is 0 Å². The molecule has 0 amide bonds. The number of allylic oxidation sites excluding steroid dienone is 3. The van der Waals surface area contributed by atoms with Crippen LogP contribution in [0.15, 0.2) is 30.9 Å². The first-order valence-corrected chi connectivity index (χ1v) is 4.67. The Morgan fingerprint density at radius 2 is 2.27 bits per heavy atom. The Bertz CT molecular complexity index is 438. The molecule has 0 spiro atoms. The van der Waals surface area contributed by atoms with E-state index in [1.165, 1.54) is 6.07 Å². The van der Waals surface area contributed by atoms with Gasteiger partial charge in [0.05, 0.1) is 11.3 Å². The van der Waals surface area contributed by atoms with E-state index >= 15 is 0 Å². The van der Waals surface area contributed by atoms with Crippen LogP contribution in [0, 0.1) is 0 Å². The minimum atomic E-state index is -1.08. The van der Waals surface area contributed by atoms with E-state index in [-0.39, 0.29) is 10.7 Å². The summed E-state index contributed by atoms with van der Waals surface area (Å²) in [4.78, 5) is 14.7. The lowest BCUT2D eigenvalue weighted by atomic mass is 10.1. The highest BCUT2D eigenvalue weighted by molar-refractivity contribution is 6.32. The minimum absolute atomic E-state index is 0.0000630. The van der Waals surface area contributed by atoms with Gasteiger partial charge in [-0.2, -0.15) is 0 Å². The molecule has 0 atom stereocenters. The number of pyridine rings is 1. The highest BCUT2D eigenvalue weighted by Gasteiger charge is 2.10. The number of carboxylic acids is 1. The van der Waals surface area contributed by atoms with Gasteiger partial charge in [0.25, 0.3) is 0 Å². The Morgan fingerprint density at radius 3 is 2.67 bits per heavy atom. The zero-order valence-corrected chi connectivity index (χ0v) is 8.95. The molecule has 0 saturated carbocycles. The third kappa shape index (κ3) is 2.44. The van der Waals surface area contributed by atoms with Crippen LogP contribution in [0.25, 0.3) is 5.57 Å². The highest BCUT2D eigenvalue weighted by Crippen LogP contribution is 2.19. The van der Waals surface area contributed by atoms with Crippen molar-refractivity contribution >= 4 is 23.1 Å². The first-order chi connectivity index (χ1) is 7.10. The molecule has 1 N–H and O–H groups in total. The maximum Gasteiger partial charge on any atom is 0.338 e. The first-order valence-electron chi connectivity index (χ1n) is 4.29. The normalized spacial score (nSPS) is 11.2. The fourth-order valence-electron chi connectivity index (χ4n) is 1.12. The Hall–Kier alpha value is -1.61. The van der Waals surface area contributed by atoms with Crippen LogP contribution in [-0.4, -0.2) is 16.1 Å². The van der Waals surface area contributed by atoms with Crippen LogP contribution >= 0.6 is 11.6 Å². The fourth-order valence-corrected chi connectivity index (χ4v) is 1.36. The summed E-state index contributed by atoms with van der Waals surface area (Å²) in [5.74, 6) is -1.08. The number of carbonyl (C=O) groups is 1. The number of hydrogen-bond acceptors (Lipinski definition) is 2. The Morgan fingerprint density at radius 1 is 1.60 bits per heavy atom. The van der Waals surface area contributed by atoms with Crippen molar-refractivity contribution in [2.45, 2.75) is 6.92 Å². The van der Waals surface area contributed by atoms with Gasteiger partial charge in [0.15, 0.2) is 0 Å². The van der Waals surface area contributed by atoms with Crippen LogP contribution in [0.1, 0.15) is 23.0 Å². The van der Waals surface area contributed by atoms with E-state index in [9.17, 15) is 4.79 Å². The molecule has 0 aromatic carbocycles. The average molecular weight is 224 g/mol. The van der Waals surface area contributed by atoms with Gasteiger partial charge in [-0.3, -0.25) is 0 Å². The van der Waals surface area contributed by atoms with Gasteiger partial charge in [-0.25, -0.2) is 9.78 Å². The first kappa shape index (κ1) is 11.5. The summed E-state index contributed by atoms with van der Waals surface area (Å²) in [5, 5.41) is 8.74. The van der Waals surface area contributed by atoms with Crippen molar-refractivity contribution in [1.82, 2.24) is 4.98 Å². The largest absolute Gasteiger partial charge is 0.478 e. The second-order valence-electron chi connectivity index (χ2n) is 2.79. The van der Waals surface area contributed by atoms with Gasteiger partial charge >= 0.3 is 5.97 Å². The zero-order valence-electron chi connectivity index (χ0n) is 8.20. The summed E-state index contributed by atoms with van der Waals surface area (Å²) in [6, 6.07) is 3.03. The lowest BCUT2D eigenvalue weighted by Gasteiger charge is -2.03. The lowest BCUT2D eigenvalue weighted by Crippen LogP contribution is -2.00. The van der Waals surface area contributed by atoms with E-state index in [0.717, 1.165) is 5.57 Å². The molecule has 78 valence electrons. The number of halogens is 1. The van der Waals surface area contributed by atoms with Crippen molar-refractivity contribution in [2.75, 3.05) is 0 Å². The van der Waals surface area contributed by atoms with Crippen molar-refractivity contribution < 1.29 is 9.90 Å².